The van der Waals surface area contributed by atoms with Gasteiger partial charge in [0.05, 0.1) is 37.5 Å². The van der Waals surface area contributed by atoms with Gasteiger partial charge in [-0.15, -0.1) is 0 Å². The second-order valence-electron chi connectivity index (χ2n) is 5.38. The molecular weight excluding hydrogens is 431 g/mol. The fourth-order valence-electron chi connectivity index (χ4n) is 2.45. The molecule has 140 valence electrons. The summed E-state index contributed by atoms with van der Waals surface area (Å²) in [6.45, 7) is 1.80. The summed E-state index contributed by atoms with van der Waals surface area (Å²) in [5.74, 6) is -0.994. The third-order valence-corrected chi connectivity index (χ3v) is 5.80. The van der Waals surface area contributed by atoms with Crippen molar-refractivity contribution in [3.8, 4) is 0 Å². The van der Waals surface area contributed by atoms with Gasteiger partial charge in [-0.25, -0.2) is 0 Å². The van der Waals surface area contributed by atoms with Crippen molar-refractivity contribution < 1.29 is 14.3 Å². The molecule has 0 saturated heterocycles. The summed E-state index contributed by atoms with van der Waals surface area (Å²) in [7, 11) is 0. The minimum atomic E-state index is -0.521. The molecule has 0 N–H and O–H groups in total. The van der Waals surface area contributed by atoms with Crippen LogP contribution in [0, 0.1) is 0 Å². The van der Waals surface area contributed by atoms with Gasteiger partial charge >= 0.3 is 5.97 Å². The largest absolute Gasteiger partial charge is 0.465 e. The fraction of sp³-hybridized carbons (Fsp3) is 0.167. The molecule has 0 aliphatic rings. The highest BCUT2D eigenvalue weighted by Crippen LogP contribution is 2.32. The lowest BCUT2D eigenvalue weighted by atomic mass is 10.2. The van der Waals surface area contributed by atoms with Crippen molar-refractivity contribution in [2.24, 2.45) is 4.99 Å². The highest BCUT2D eigenvalue weighted by Gasteiger charge is 2.17. The van der Waals surface area contributed by atoms with E-state index in [1.165, 1.54) is 15.9 Å². The number of halogens is 3. The second-order valence-corrected chi connectivity index (χ2v) is 7.58. The van der Waals surface area contributed by atoms with Gasteiger partial charge in [0.2, 0.25) is 0 Å². The zero-order valence-corrected chi connectivity index (χ0v) is 17.1. The van der Waals surface area contributed by atoms with E-state index in [4.69, 9.17) is 39.5 Å². The van der Waals surface area contributed by atoms with Crippen LogP contribution in [0.3, 0.4) is 0 Å². The van der Waals surface area contributed by atoms with Gasteiger partial charge in [-0.2, -0.15) is 4.99 Å². The normalized spacial score (nSPS) is 11.8. The lowest BCUT2D eigenvalue weighted by molar-refractivity contribution is -0.143. The predicted molar refractivity (Wildman–Crippen MR) is 108 cm³/mol. The molecule has 0 unspecified atom stereocenters. The van der Waals surface area contributed by atoms with Gasteiger partial charge in [-0.3, -0.25) is 9.59 Å². The molecular formula is C18H13Cl3N2O3S. The molecule has 5 nitrogen and oxygen atoms in total. The van der Waals surface area contributed by atoms with Crippen LogP contribution >= 0.6 is 46.1 Å². The van der Waals surface area contributed by atoms with Crippen molar-refractivity contribution in [3.05, 3.63) is 61.8 Å². The number of carbonyl (C=O) groups excluding carboxylic acids is 2. The van der Waals surface area contributed by atoms with Crippen molar-refractivity contribution >= 4 is 68.2 Å². The second kappa shape index (κ2) is 8.44. The Morgan fingerprint density at radius 2 is 1.85 bits per heavy atom. The SMILES string of the molecule is CCOC(=O)Cn1c(=NC(=O)c2ccccc2Cl)sc2ccc(Cl)c(Cl)c21. The zero-order chi connectivity index (χ0) is 19.6. The minimum absolute atomic E-state index is 0.150. The van der Waals surface area contributed by atoms with E-state index < -0.39 is 11.9 Å². The van der Waals surface area contributed by atoms with Gasteiger partial charge in [-0.1, -0.05) is 58.3 Å². The van der Waals surface area contributed by atoms with E-state index in [0.29, 0.717) is 20.4 Å². The molecule has 1 amide bonds. The van der Waals surface area contributed by atoms with Crippen LogP contribution in [0.5, 0.6) is 0 Å². The summed E-state index contributed by atoms with van der Waals surface area (Å²) in [4.78, 5) is 29.1. The number of hydrogen-bond acceptors (Lipinski definition) is 4. The zero-order valence-electron chi connectivity index (χ0n) is 14.0. The first-order valence-corrected chi connectivity index (χ1v) is 9.84. The molecule has 0 aliphatic heterocycles. The number of esters is 1. The maximum atomic E-state index is 12.6. The molecule has 27 heavy (non-hydrogen) atoms. The van der Waals surface area contributed by atoms with Crippen molar-refractivity contribution in [2.45, 2.75) is 13.5 Å². The summed E-state index contributed by atoms with van der Waals surface area (Å²) >= 11 is 19.8. The van der Waals surface area contributed by atoms with Crippen LogP contribution in [0.25, 0.3) is 10.2 Å². The number of benzene rings is 2. The van der Waals surface area contributed by atoms with Gasteiger partial charge in [-0.05, 0) is 31.2 Å². The van der Waals surface area contributed by atoms with E-state index in [2.05, 4.69) is 4.99 Å². The highest BCUT2D eigenvalue weighted by molar-refractivity contribution is 7.16. The van der Waals surface area contributed by atoms with Crippen LogP contribution in [-0.4, -0.2) is 23.1 Å². The monoisotopic (exact) mass is 442 g/mol. The first-order chi connectivity index (χ1) is 12.9. The number of aromatic nitrogens is 1. The van der Waals surface area contributed by atoms with Crippen molar-refractivity contribution in [1.29, 1.82) is 0 Å². The van der Waals surface area contributed by atoms with Crippen molar-refractivity contribution in [2.75, 3.05) is 6.61 Å². The number of nitrogens with zero attached hydrogens (tertiary/aromatic N) is 2. The molecule has 0 saturated carbocycles. The number of rotatable bonds is 4. The number of hydrogen-bond donors (Lipinski definition) is 0. The first-order valence-electron chi connectivity index (χ1n) is 7.89. The van der Waals surface area contributed by atoms with E-state index in [-0.39, 0.29) is 23.7 Å². The van der Waals surface area contributed by atoms with Gasteiger partial charge in [0.1, 0.15) is 6.54 Å². The van der Waals surface area contributed by atoms with Crippen LogP contribution < -0.4 is 4.80 Å². The molecule has 0 fully saturated rings. The summed E-state index contributed by atoms with van der Waals surface area (Å²) < 4.78 is 7.28. The lowest BCUT2D eigenvalue weighted by Crippen LogP contribution is -2.23. The van der Waals surface area contributed by atoms with Crippen LogP contribution in [0.4, 0.5) is 0 Å². The predicted octanol–water partition coefficient (Wildman–Crippen LogP) is 4.97. The number of fused-ring (bicyclic) bond motifs is 1. The summed E-state index contributed by atoms with van der Waals surface area (Å²) in [5, 5.41) is 0.912. The Bertz CT molecular complexity index is 1100. The Balaban J connectivity index is 2.19. The van der Waals surface area contributed by atoms with Crippen LogP contribution in [0.15, 0.2) is 41.4 Å². The Morgan fingerprint density at radius 3 is 2.56 bits per heavy atom. The molecule has 3 rings (SSSR count). The van der Waals surface area contributed by atoms with Crippen molar-refractivity contribution in [3.63, 3.8) is 0 Å². The van der Waals surface area contributed by atoms with E-state index in [1.54, 1.807) is 43.3 Å². The van der Waals surface area contributed by atoms with E-state index in [9.17, 15) is 9.59 Å². The minimum Gasteiger partial charge on any atom is -0.465 e. The Labute approximate surface area is 173 Å². The molecule has 1 aromatic heterocycles. The van der Waals surface area contributed by atoms with Crippen LogP contribution in [0.2, 0.25) is 15.1 Å². The van der Waals surface area contributed by atoms with Gasteiger partial charge in [0.25, 0.3) is 5.91 Å². The summed E-state index contributed by atoms with van der Waals surface area (Å²) in [5.41, 5.74) is 0.788. The standard InChI is InChI=1S/C18H13Cl3N2O3S/c1-2-26-14(24)9-23-16-13(8-7-12(20)15(16)21)27-18(23)22-17(25)10-5-3-4-6-11(10)19/h3-8H,2,9H2,1H3. The third kappa shape index (κ3) is 4.19. The molecule has 1 heterocycles. The number of carbonyl (C=O) groups is 2. The first kappa shape index (κ1) is 19.9. The molecule has 3 aromatic rings. The molecule has 0 spiro atoms. The van der Waals surface area contributed by atoms with E-state index in [0.717, 1.165) is 4.70 Å². The van der Waals surface area contributed by atoms with E-state index >= 15 is 0 Å². The summed E-state index contributed by atoms with van der Waals surface area (Å²) in [6, 6.07) is 10.0. The third-order valence-electron chi connectivity index (χ3n) is 3.63. The average Bonchev–Trinajstić information content (AvgIpc) is 2.96. The Morgan fingerprint density at radius 1 is 1.11 bits per heavy atom. The Kier molecular flexibility index (Phi) is 6.22. The lowest BCUT2D eigenvalue weighted by Gasteiger charge is -2.07. The Hall–Kier alpha value is -1.86. The van der Waals surface area contributed by atoms with Gasteiger partial charge < -0.3 is 9.30 Å². The smallest absolute Gasteiger partial charge is 0.326 e. The highest BCUT2D eigenvalue weighted by atomic mass is 35.5. The quantitative estimate of drug-likeness (QED) is 0.535. The maximum absolute atomic E-state index is 12.6. The molecule has 9 heteroatoms. The molecule has 0 aliphatic carbocycles. The molecule has 0 bridgehead atoms. The summed E-state index contributed by atoms with van der Waals surface area (Å²) in [6.07, 6.45) is 0. The maximum Gasteiger partial charge on any atom is 0.326 e. The molecule has 2 aromatic carbocycles. The van der Waals surface area contributed by atoms with Crippen LogP contribution in [-0.2, 0) is 16.1 Å². The number of amides is 1. The average molecular weight is 444 g/mol. The topological polar surface area (TPSA) is 60.7 Å². The van der Waals surface area contributed by atoms with Gasteiger partial charge in [0, 0.05) is 0 Å². The van der Waals surface area contributed by atoms with Crippen molar-refractivity contribution in [1.82, 2.24) is 4.57 Å². The number of ether oxygens (including phenoxy) is 1. The van der Waals surface area contributed by atoms with Crippen LogP contribution in [0.1, 0.15) is 17.3 Å². The fourth-order valence-corrected chi connectivity index (χ4v) is 4.18. The molecule has 0 radical (unpaired) electrons. The number of thiazole rings is 1. The molecule has 0 atom stereocenters. The van der Waals surface area contributed by atoms with E-state index in [1.807, 2.05) is 0 Å². The van der Waals surface area contributed by atoms with Gasteiger partial charge in [0.15, 0.2) is 4.80 Å².